The minimum atomic E-state index is 0.815. The van der Waals surface area contributed by atoms with Crippen LogP contribution in [0.4, 0.5) is 5.69 Å². The van der Waals surface area contributed by atoms with Gasteiger partial charge in [-0.05, 0) is 62.4 Å². The zero-order chi connectivity index (χ0) is 13.8. The second-order valence-electron chi connectivity index (χ2n) is 6.07. The highest BCUT2D eigenvalue weighted by atomic mass is 16.5. The maximum absolute atomic E-state index is 5.47. The fourth-order valence-corrected chi connectivity index (χ4v) is 3.35. The SMILES string of the molecule is CNCCc1ccc2c(c1)N(CC1CCOCC1)CC2. The number of rotatable bonds is 5. The van der Waals surface area contributed by atoms with Crippen molar-refractivity contribution in [3.63, 3.8) is 0 Å². The first-order valence-corrected chi connectivity index (χ1v) is 7.96. The molecular formula is C17H26N2O. The highest BCUT2D eigenvalue weighted by Gasteiger charge is 2.23. The van der Waals surface area contributed by atoms with Gasteiger partial charge in [-0.1, -0.05) is 12.1 Å². The van der Waals surface area contributed by atoms with Crippen LogP contribution in [0.5, 0.6) is 0 Å². The smallest absolute Gasteiger partial charge is 0.0469 e. The Morgan fingerprint density at radius 1 is 1.30 bits per heavy atom. The molecule has 20 heavy (non-hydrogen) atoms. The Morgan fingerprint density at radius 2 is 2.15 bits per heavy atom. The molecule has 1 fully saturated rings. The van der Waals surface area contributed by atoms with E-state index in [2.05, 4.69) is 28.4 Å². The summed E-state index contributed by atoms with van der Waals surface area (Å²) in [5.74, 6) is 0.815. The van der Waals surface area contributed by atoms with Gasteiger partial charge in [-0.2, -0.15) is 0 Å². The van der Waals surface area contributed by atoms with E-state index < -0.39 is 0 Å². The number of anilines is 1. The van der Waals surface area contributed by atoms with Crippen molar-refractivity contribution in [3.8, 4) is 0 Å². The molecule has 1 aromatic carbocycles. The maximum atomic E-state index is 5.47. The molecule has 2 aliphatic heterocycles. The van der Waals surface area contributed by atoms with E-state index in [1.54, 1.807) is 0 Å². The molecule has 0 atom stereocenters. The van der Waals surface area contributed by atoms with Crippen LogP contribution in [0, 0.1) is 5.92 Å². The van der Waals surface area contributed by atoms with Crippen LogP contribution < -0.4 is 10.2 Å². The van der Waals surface area contributed by atoms with Crippen molar-refractivity contribution < 1.29 is 4.74 Å². The van der Waals surface area contributed by atoms with Crippen molar-refractivity contribution in [1.82, 2.24) is 5.32 Å². The summed E-state index contributed by atoms with van der Waals surface area (Å²) in [6, 6.07) is 7.05. The van der Waals surface area contributed by atoms with Gasteiger partial charge in [-0.15, -0.1) is 0 Å². The number of hydrogen-bond acceptors (Lipinski definition) is 3. The average Bonchev–Trinajstić information content (AvgIpc) is 2.89. The van der Waals surface area contributed by atoms with E-state index in [1.165, 1.54) is 49.2 Å². The van der Waals surface area contributed by atoms with E-state index >= 15 is 0 Å². The summed E-state index contributed by atoms with van der Waals surface area (Å²) in [6.45, 7) is 5.37. The van der Waals surface area contributed by atoms with Crippen LogP contribution in [0.3, 0.4) is 0 Å². The molecule has 1 saturated heterocycles. The molecule has 0 radical (unpaired) electrons. The van der Waals surface area contributed by atoms with E-state index in [4.69, 9.17) is 4.74 Å². The van der Waals surface area contributed by atoms with Crippen molar-refractivity contribution >= 4 is 5.69 Å². The molecule has 0 aromatic heterocycles. The summed E-state index contributed by atoms with van der Waals surface area (Å²) < 4.78 is 5.47. The quantitative estimate of drug-likeness (QED) is 0.891. The molecule has 3 heteroatoms. The van der Waals surface area contributed by atoms with Crippen LogP contribution in [-0.4, -0.2) is 39.9 Å². The van der Waals surface area contributed by atoms with Crippen LogP contribution in [0.1, 0.15) is 24.0 Å². The number of benzene rings is 1. The minimum Gasteiger partial charge on any atom is -0.381 e. The third-order valence-electron chi connectivity index (χ3n) is 4.62. The minimum absolute atomic E-state index is 0.815. The summed E-state index contributed by atoms with van der Waals surface area (Å²) in [4.78, 5) is 2.61. The molecule has 1 aromatic rings. The van der Waals surface area contributed by atoms with Crippen molar-refractivity contribution in [2.24, 2.45) is 5.92 Å². The van der Waals surface area contributed by atoms with Gasteiger partial charge in [0.1, 0.15) is 0 Å². The fraction of sp³-hybridized carbons (Fsp3) is 0.647. The topological polar surface area (TPSA) is 24.5 Å². The summed E-state index contributed by atoms with van der Waals surface area (Å²) in [5.41, 5.74) is 4.48. The van der Waals surface area contributed by atoms with Gasteiger partial charge in [-0.3, -0.25) is 0 Å². The highest BCUT2D eigenvalue weighted by molar-refractivity contribution is 5.59. The van der Waals surface area contributed by atoms with Crippen LogP contribution in [0.15, 0.2) is 18.2 Å². The Balaban J connectivity index is 1.67. The number of ether oxygens (including phenoxy) is 1. The van der Waals surface area contributed by atoms with Gasteiger partial charge in [0.05, 0.1) is 0 Å². The number of likely N-dealkylation sites (N-methyl/N-ethyl adjacent to an activating group) is 1. The van der Waals surface area contributed by atoms with Gasteiger partial charge >= 0.3 is 0 Å². The van der Waals surface area contributed by atoms with Crippen molar-refractivity contribution in [1.29, 1.82) is 0 Å². The summed E-state index contributed by atoms with van der Waals surface area (Å²) in [5, 5.41) is 3.23. The summed E-state index contributed by atoms with van der Waals surface area (Å²) in [6.07, 6.45) is 4.79. The zero-order valence-electron chi connectivity index (χ0n) is 12.5. The molecule has 2 aliphatic rings. The third kappa shape index (κ3) is 3.15. The lowest BCUT2D eigenvalue weighted by Crippen LogP contribution is -2.31. The van der Waals surface area contributed by atoms with Crippen molar-refractivity contribution in [2.75, 3.05) is 44.8 Å². The van der Waals surface area contributed by atoms with Crippen LogP contribution in [0.2, 0.25) is 0 Å². The second-order valence-corrected chi connectivity index (χ2v) is 6.07. The van der Waals surface area contributed by atoms with E-state index in [0.29, 0.717) is 0 Å². The molecule has 0 bridgehead atoms. The third-order valence-corrected chi connectivity index (χ3v) is 4.62. The Morgan fingerprint density at radius 3 is 2.95 bits per heavy atom. The lowest BCUT2D eigenvalue weighted by Gasteiger charge is -2.28. The maximum Gasteiger partial charge on any atom is 0.0469 e. The lowest BCUT2D eigenvalue weighted by molar-refractivity contribution is 0.0683. The highest BCUT2D eigenvalue weighted by Crippen LogP contribution is 2.31. The molecule has 0 amide bonds. The Labute approximate surface area is 122 Å². The van der Waals surface area contributed by atoms with E-state index in [-0.39, 0.29) is 0 Å². The van der Waals surface area contributed by atoms with Gasteiger partial charge in [0, 0.05) is 32.0 Å². The zero-order valence-corrected chi connectivity index (χ0v) is 12.5. The van der Waals surface area contributed by atoms with Crippen molar-refractivity contribution in [2.45, 2.75) is 25.7 Å². The predicted molar refractivity (Wildman–Crippen MR) is 83.5 cm³/mol. The standard InChI is InChI=1S/C17H26N2O/c1-18-8-4-14-2-3-16-5-9-19(17(16)12-14)13-15-6-10-20-11-7-15/h2-3,12,15,18H,4-11,13H2,1H3. The molecule has 2 heterocycles. The Kier molecular flexibility index (Phi) is 4.58. The molecule has 3 nitrogen and oxygen atoms in total. The first kappa shape index (κ1) is 13.9. The largest absolute Gasteiger partial charge is 0.381 e. The van der Waals surface area contributed by atoms with Gasteiger partial charge < -0.3 is 15.0 Å². The number of fused-ring (bicyclic) bond motifs is 1. The monoisotopic (exact) mass is 274 g/mol. The number of nitrogens with one attached hydrogen (secondary N) is 1. The van der Waals surface area contributed by atoms with Crippen LogP contribution >= 0.6 is 0 Å². The molecular weight excluding hydrogens is 248 g/mol. The molecule has 1 N–H and O–H groups in total. The van der Waals surface area contributed by atoms with E-state index in [0.717, 1.165) is 32.1 Å². The number of nitrogens with zero attached hydrogens (tertiary/aromatic N) is 1. The average molecular weight is 274 g/mol. The fourth-order valence-electron chi connectivity index (χ4n) is 3.35. The molecule has 0 unspecified atom stereocenters. The van der Waals surface area contributed by atoms with Gasteiger partial charge in [0.2, 0.25) is 0 Å². The Hall–Kier alpha value is -1.06. The second kappa shape index (κ2) is 6.59. The molecule has 110 valence electrons. The van der Waals surface area contributed by atoms with Crippen LogP contribution in [-0.2, 0) is 17.6 Å². The summed E-state index contributed by atoms with van der Waals surface area (Å²) in [7, 11) is 2.02. The first-order chi connectivity index (χ1) is 9.86. The van der Waals surface area contributed by atoms with Crippen LogP contribution in [0.25, 0.3) is 0 Å². The molecule has 0 aliphatic carbocycles. The normalized spacial score (nSPS) is 19.4. The molecule has 0 saturated carbocycles. The lowest BCUT2D eigenvalue weighted by atomic mass is 9.99. The molecule has 3 rings (SSSR count). The van der Waals surface area contributed by atoms with Gasteiger partial charge in [0.25, 0.3) is 0 Å². The predicted octanol–water partition coefficient (Wildman–Crippen LogP) is 2.24. The van der Waals surface area contributed by atoms with E-state index in [9.17, 15) is 0 Å². The van der Waals surface area contributed by atoms with E-state index in [1.807, 2.05) is 7.05 Å². The molecule has 0 spiro atoms. The summed E-state index contributed by atoms with van der Waals surface area (Å²) >= 11 is 0. The number of hydrogen-bond donors (Lipinski definition) is 1. The van der Waals surface area contributed by atoms with Gasteiger partial charge in [-0.25, -0.2) is 0 Å². The van der Waals surface area contributed by atoms with Crippen molar-refractivity contribution in [3.05, 3.63) is 29.3 Å². The van der Waals surface area contributed by atoms with Gasteiger partial charge in [0.15, 0.2) is 0 Å². The Bertz CT molecular complexity index is 441. The first-order valence-electron chi connectivity index (χ1n) is 7.96.